The molecule has 1 fully saturated rings. The molecule has 2 aromatic heterocycles. The summed E-state index contributed by atoms with van der Waals surface area (Å²) in [6, 6.07) is 13.4. The summed E-state index contributed by atoms with van der Waals surface area (Å²) in [6.07, 6.45) is 12.3. The number of methoxy groups -OCH3 is 1. The van der Waals surface area contributed by atoms with E-state index in [1.165, 1.54) is 12.5 Å². The molecule has 1 unspecified atom stereocenters. The van der Waals surface area contributed by atoms with Crippen molar-refractivity contribution in [3.8, 4) is 5.75 Å². The van der Waals surface area contributed by atoms with E-state index in [-0.39, 0.29) is 24.4 Å². The highest BCUT2D eigenvalue weighted by Crippen LogP contribution is 2.37. The van der Waals surface area contributed by atoms with Gasteiger partial charge in [-0.25, -0.2) is 4.98 Å². The van der Waals surface area contributed by atoms with E-state index in [2.05, 4.69) is 5.32 Å². The number of nitrogens with one attached hydrogen (secondary N) is 1. The highest BCUT2D eigenvalue weighted by Gasteiger charge is 2.51. The SMILES string of the molecule is COc1ccc(CN2C(=O)C=CC2(C(=O)NC2CCCCC2)c2cn3ccccc3n2)cc1. The van der Waals surface area contributed by atoms with Gasteiger partial charge in [-0.15, -0.1) is 0 Å². The standard InChI is InChI=1S/C26H28N4O3/c1-33-21-12-10-19(11-13-21)17-30-24(31)14-15-26(30,25(32)27-20-7-3-2-4-8-20)22-18-29-16-6-5-9-23(29)28-22/h5-6,9-16,18,20H,2-4,7-8,17H2,1H3,(H,27,32). The number of ether oxygens (including phenoxy) is 1. The minimum atomic E-state index is -1.31. The van der Waals surface area contributed by atoms with E-state index in [0.717, 1.165) is 42.6 Å². The number of rotatable bonds is 6. The van der Waals surface area contributed by atoms with Crippen LogP contribution in [0.3, 0.4) is 0 Å². The molecule has 1 saturated carbocycles. The molecule has 5 rings (SSSR count). The lowest BCUT2D eigenvalue weighted by atomic mass is 9.90. The van der Waals surface area contributed by atoms with Crippen LogP contribution in [0.4, 0.5) is 0 Å². The summed E-state index contributed by atoms with van der Waals surface area (Å²) in [6.45, 7) is 0.280. The Balaban J connectivity index is 1.55. The van der Waals surface area contributed by atoms with E-state index in [0.29, 0.717) is 5.69 Å². The molecular formula is C26H28N4O3. The number of imidazole rings is 1. The van der Waals surface area contributed by atoms with Crippen LogP contribution in [-0.4, -0.2) is 39.3 Å². The fourth-order valence-electron chi connectivity index (χ4n) is 4.86. The second kappa shape index (κ2) is 8.73. The van der Waals surface area contributed by atoms with Gasteiger partial charge in [-0.05, 0) is 48.7 Å². The Morgan fingerprint density at radius 1 is 1.15 bits per heavy atom. The summed E-state index contributed by atoms with van der Waals surface area (Å²) in [4.78, 5) is 33.4. The quantitative estimate of drug-likeness (QED) is 0.631. The number of aromatic nitrogens is 2. The number of nitrogens with zero attached hydrogens (tertiary/aromatic N) is 3. The van der Waals surface area contributed by atoms with Gasteiger partial charge in [-0.1, -0.05) is 37.5 Å². The van der Waals surface area contributed by atoms with Crippen molar-refractivity contribution in [3.05, 3.63) is 78.3 Å². The van der Waals surface area contributed by atoms with Crippen molar-refractivity contribution in [2.75, 3.05) is 7.11 Å². The Bertz CT molecular complexity index is 1160. The predicted molar refractivity (Wildman–Crippen MR) is 125 cm³/mol. The van der Waals surface area contributed by atoms with Crippen molar-refractivity contribution in [1.82, 2.24) is 19.6 Å². The molecule has 3 aromatic rings. The molecule has 170 valence electrons. The molecule has 7 nitrogen and oxygen atoms in total. The molecule has 1 aliphatic carbocycles. The number of carbonyl (C=O) groups excluding carboxylic acids is 2. The van der Waals surface area contributed by atoms with Gasteiger partial charge in [0.05, 0.1) is 12.8 Å². The van der Waals surface area contributed by atoms with Crippen LogP contribution in [0.2, 0.25) is 0 Å². The van der Waals surface area contributed by atoms with E-state index >= 15 is 0 Å². The van der Waals surface area contributed by atoms with E-state index in [1.807, 2.05) is 59.3 Å². The zero-order valence-electron chi connectivity index (χ0n) is 18.7. The van der Waals surface area contributed by atoms with E-state index in [4.69, 9.17) is 9.72 Å². The van der Waals surface area contributed by atoms with Crippen LogP contribution in [0.25, 0.3) is 5.65 Å². The Morgan fingerprint density at radius 3 is 2.67 bits per heavy atom. The average Bonchev–Trinajstić information content (AvgIpc) is 3.42. The monoisotopic (exact) mass is 444 g/mol. The van der Waals surface area contributed by atoms with Gasteiger partial charge in [0.25, 0.3) is 5.91 Å². The lowest BCUT2D eigenvalue weighted by molar-refractivity contribution is -0.142. The third-order valence-electron chi connectivity index (χ3n) is 6.70. The van der Waals surface area contributed by atoms with Crippen molar-refractivity contribution in [1.29, 1.82) is 0 Å². The maximum absolute atomic E-state index is 13.9. The van der Waals surface area contributed by atoms with Gasteiger partial charge >= 0.3 is 0 Å². The van der Waals surface area contributed by atoms with Crippen molar-refractivity contribution in [3.63, 3.8) is 0 Å². The number of amides is 2. The third kappa shape index (κ3) is 3.88. The number of hydrogen-bond donors (Lipinski definition) is 1. The second-order valence-electron chi connectivity index (χ2n) is 8.77. The van der Waals surface area contributed by atoms with Gasteiger partial charge in [0.1, 0.15) is 11.4 Å². The zero-order chi connectivity index (χ0) is 22.8. The van der Waals surface area contributed by atoms with Crippen LogP contribution < -0.4 is 10.1 Å². The Kier molecular flexibility index (Phi) is 5.62. The van der Waals surface area contributed by atoms with Crippen molar-refractivity contribution in [2.45, 2.75) is 50.2 Å². The summed E-state index contributed by atoms with van der Waals surface area (Å²) in [7, 11) is 1.62. The molecule has 2 aliphatic rings. The lowest BCUT2D eigenvalue weighted by Gasteiger charge is -2.37. The molecule has 2 amide bonds. The zero-order valence-corrected chi connectivity index (χ0v) is 18.7. The fourth-order valence-corrected chi connectivity index (χ4v) is 4.86. The minimum Gasteiger partial charge on any atom is -0.497 e. The first kappa shape index (κ1) is 21.2. The summed E-state index contributed by atoms with van der Waals surface area (Å²) >= 11 is 0. The van der Waals surface area contributed by atoms with Gasteiger partial charge in [0.15, 0.2) is 5.54 Å². The molecule has 0 radical (unpaired) electrons. The van der Waals surface area contributed by atoms with Gasteiger partial charge in [0.2, 0.25) is 5.91 Å². The van der Waals surface area contributed by atoms with E-state index < -0.39 is 5.54 Å². The predicted octanol–water partition coefficient (Wildman–Crippen LogP) is 3.59. The molecule has 1 aliphatic heterocycles. The molecule has 33 heavy (non-hydrogen) atoms. The Hall–Kier alpha value is -3.61. The second-order valence-corrected chi connectivity index (χ2v) is 8.77. The number of pyridine rings is 1. The molecule has 1 aromatic carbocycles. The van der Waals surface area contributed by atoms with Crippen molar-refractivity contribution < 1.29 is 14.3 Å². The average molecular weight is 445 g/mol. The molecule has 0 spiro atoms. The van der Waals surface area contributed by atoms with Gasteiger partial charge in [-0.3, -0.25) is 9.59 Å². The smallest absolute Gasteiger partial charge is 0.256 e. The van der Waals surface area contributed by atoms with Crippen LogP contribution in [0.1, 0.15) is 43.4 Å². The Morgan fingerprint density at radius 2 is 1.94 bits per heavy atom. The van der Waals surface area contributed by atoms with Crippen LogP contribution in [-0.2, 0) is 21.7 Å². The number of hydrogen-bond acceptors (Lipinski definition) is 4. The Labute approximate surface area is 193 Å². The van der Waals surface area contributed by atoms with Crippen LogP contribution in [0, 0.1) is 0 Å². The van der Waals surface area contributed by atoms with Gasteiger partial charge in [0, 0.05) is 31.1 Å². The van der Waals surface area contributed by atoms with Crippen LogP contribution in [0.5, 0.6) is 5.75 Å². The molecule has 0 bridgehead atoms. The van der Waals surface area contributed by atoms with Gasteiger partial charge < -0.3 is 19.4 Å². The minimum absolute atomic E-state index is 0.118. The van der Waals surface area contributed by atoms with E-state index in [9.17, 15) is 9.59 Å². The summed E-state index contributed by atoms with van der Waals surface area (Å²) in [5, 5.41) is 3.25. The molecule has 0 saturated heterocycles. The van der Waals surface area contributed by atoms with Gasteiger partial charge in [-0.2, -0.15) is 0 Å². The largest absolute Gasteiger partial charge is 0.497 e. The first-order valence-electron chi connectivity index (χ1n) is 11.5. The van der Waals surface area contributed by atoms with Crippen molar-refractivity contribution in [2.24, 2.45) is 0 Å². The fraction of sp³-hybridized carbons (Fsp3) is 0.346. The highest BCUT2D eigenvalue weighted by molar-refractivity contribution is 6.02. The van der Waals surface area contributed by atoms with E-state index in [1.54, 1.807) is 18.1 Å². The summed E-state index contributed by atoms with van der Waals surface area (Å²) in [5.41, 5.74) is 0.874. The molecule has 3 heterocycles. The molecule has 1 atom stereocenters. The summed E-state index contributed by atoms with van der Waals surface area (Å²) in [5.74, 6) is 0.335. The maximum Gasteiger partial charge on any atom is 0.256 e. The molecule has 7 heteroatoms. The lowest BCUT2D eigenvalue weighted by Crippen LogP contribution is -2.56. The maximum atomic E-state index is 13.9. The third-order valence-corrected chi connectivity index (χ3v) is 6.70. The number of benzene rings is 1. The number of carbonyl (C=O) groups is 2. The number of fused-ring (bicyclic) bond motifs is 1. The summed E-state index contributed by atoms with van der Waals surface area (Å²) < 4.78 is 7.14. The first-order chi connectivity index (χ1) is 16.1. The van der Waals surface area contributed by atoms with Crippen LogP contribution >= 0.6 is 0 Å². The normalized spacial score (nSPS) is 21.0. The highest BCUT2D eigenvalue weighted by atomic mass is 16.5. The molecular weight excluding hydrogens is 416 g/mol. The first-order valence-corrected chi connectivity index (χ1v) is 11.5. The van der Waals surface area contributed by atoms with Crippen LogP contribution in [0.15, 0.2) is 67.0 Å². The van der Waals surface area contributed by atoms with Crippen molar-refractivity contribution >= 4 is 17.5 Å². The topological polar surface area (TPSA) is 75.9 Å². The molecule has 1 N–H and O–H groups in total.